The van der Waals surface area contributed by atoms with E-state index in [0.29, 0.717) is 19.3 Å². The van der Waals surface area contributed by atoms with Crippen molar-refractivity contribution in [2.75, 3.05) is 13.2 Å². The van der Waals surface area contributed by atoms with Gasteiger partial charge in [0.1, 0.15) is 13.2 Å². The lowest BCUT2D eigenvalue weighted by Crippen LogP contribution is -2.30. The Hall–Kier alpha value is -1.59. The van der Waals surface area contributed by atoms with Crippen molar-refractivity contribution < 1.29 is 28.6 Å². The van der Waals surface area contributed by atoms with Crippen LogP contribution in [0.25, 0.3) is 0 Å². The summed E-state index contributed by atoms with van der Waals surface area (Å²) in [5.41, 5.74) is 0. The molecule has 0 spiro atoms. The number of carbonyl (C=O) groups excluding carboxylic acids is 3. The van der Waals surface area contributed by atoms with Gasteiger partial charge < -0.3 is 14.2 Å². The van der Waals surface area contributed by atoms with E-state index in [2.05, 4.69) is 34.6 Å². The summed E-state index contributed by atoms with van der Waals surface area (Å²) in [6.07, 6.45) is 41.0. The van der Waals surface area contributed by atoms with E-state index in [9.17, 15) is 14.4 Å². The van der Waals surface area contributed by atoms with E-state index in [1.54, 1.807) is 0 Å². The maximum absolute atomic E-state index is 12.7. The zero-order chi connectivity index (χ0) is 40.5. The Balaban J connectivity index is 4.30. The van der Waals surface area contributed by atoms with Crippen LogP contribution in [0.1, 0.15) is 266 Å². The summed E-state index contributed by atoms with van der Waals surface area (Å²) >= 11 is 0. The molecular weight excluding hydrogens is 685 g/mol. The van der Waals surface area contributed by atoms with Crippen LogP contribution in [-0.2, 0) is 28.6 Å². The van der Waals surface area contributed by atoms with Crippen LogP contribution in [-0.4, -0.2) is 37.2 Å². The van der Waals surface area contributed by atoms with E-state index in [1.807, 2.05) is 0 Å². The third kappa shape index (κ3) is 43.4. The molecule has 0 aromatic rings. The Morgan fingerprint density at radius 2 is 0.600 bits per heavy atom. The second-order valence-electron chi connectivity index (χ2n) is 17.7. The normalized spacial score (nSPS) is 12.1. The van der Waals surface area contributed by atoms with Crippen LogP contribution in [0.4, 0.5) is 0 Å². The summed E-state index contributed by atoms with van der Waals surface area (Å²) in [5.74, 6) is 0.738. The molecule has 0 aromatic heterocycles. The van der Waals surface area contributed by atoms with Gasteiger partial charge in [0.25, 0.3) is 0 Å². The van der Waals surface area contributed by atoms with Crippen molar-refractivity contribution in [1.82, 2.24) is 0 Å². The molecule has 0 amide bonds. The Bertz CT molecular complexity index is 839. The number of carbonyl (C=O) groups is 3. The molecule has 0 rings (SSSR count). The SMILES string of the molecule is CCCCCCCCCCCCCCCC(=O)OC[C@H](COC(=O)CCCCCCCCC(C)C)OC(=O)CCCCCCCCCCCCCCC(C)C. The Morgan fingerprint density at radius 1 is 0.345 bits per heavy atom. The van der Waals surface area contributed by atoms with E-state index in [1.165, 1.54) is 154 Å². The van der Waals surface area contributed by atoms with Gasteiger partial charge in [-0.2, -0.15) is 0 Å². The third-order valence-electron chi connectivity index (χ3n) is 11.0. The molecule has 0 unspecified atom stereocenters. The molecule has 0 saturated carbocycles. The number of unbranched alkanes of at least 4 members (excludes halogenated alkanes) is 28. The molecule has 0 aromatic carbocycles. The molecule has 0 bridgehead atoms. The topological polar surface area (TPSA) is 78.9 Å². The molecule has 0 aliphatic carbocycles. The summed E-state index contributed by atoms with van der Waals surface area (Å²) in [7, 11) is 0. The van der Waals surface area contributed by atoms with Crippen LogP contribution in [0.2, 0.25) is 0 Å². The van der Waals surface area contributed by atoms with E-state index in [-0.39, 0.29) is 31.1 Å². The van der Waals surface area contributed by atoms with Crippen molar-refractivity contribution in [2.24, 2.45) is 11.8 Å². The summed E-state index contributed by atoms with van der Waals surface area (Å²) in [6, 6.07) is 0. The molecule has 6 heteroatoms. The van der Waals surface area contributed by atoms with Gasteiger partial charge in [0.05, 0.1) is 0 Å². The number of rotatable bonds is 43. The van der Waals surface area contributed by atoms with Gasteiger partial charge in [0.15, 0.2) is 6.10 Å². The third-order valence-corrected chi connectivity index (χ3v) is 11.0. The minimum atomic E-state index is -0.761. The Morgan fingerprint density at radius 3 is 0.891 bits per heavy atom. The lowest BCUT2D eigenvalue weighted by Gasteiger charge is -2.18. The molecule has 55 heavy (non-hydrogen) atoms. The molecular formula is C49H94O6. The lowest BCUT2D eigenvalue weighted by atomic mass is 10.0. The molecule has 326 valence electrons. The van der Waals surface area contributed by atoms with Gasteiger partial charge in [-0.25, -0.2) is 0 Å². The first kappa shape index (κ1) is 53.4. The van der Waals surface area contributed by atoms with Crippen LogP contribution in [0.5, 0.6) is 0 Å². The smallest absolute Gasteiger partial charge is 0.306 e. The largest absolute Gasteiger partial charge is 0.462 e. The molecule has 0 N–H and O–H groups in total. The van der Waals surface area contributed by atoms with Crippen molar-refractivity contribution in [3.63, 3.8) is 0 Å². The van der Waals surface area contributed by atoms with Crippen molar-refractivity contribution >= 4 is 17.9 Å². The van der Waals surface area contributed by atoms with Crippen LogP contribution >= 0.6 is 0 Å². The van der Waals surface area contributed by atoms with Gasteiger partial charge in [0.2, 0.25) is 0 Å². The highest BCUT2D eigenvalue weighted by atomic mass is 16.6. The van der Waals surface area contributed by atoms with Crippen molar-refractivity contribution in [3.05, 3.63) is 0 Å². The fourth-order valence-corrected chi connectivity index (χ4v) is 7.28. The van der Waals surface area contributed by atoms with Crippen molar-refractivity contribution in [2.45, 2.75) is 272 Å². The van der Waals surface area contributed by atoms with E-state index in [0.717, 1.165) is 69.6 Å². The zero-order valence-corrected chi connectivity index (χ0v) is 37.6. The summed E-state index contributed by atoms with van der Waals surface area (Å²) in [5, 5.41) is 0. The maximum atomic E-state index is 12.7. The minimum absolute atomic E-state index is 0.0649. The maximum Gasteiger partial charge on any atom is 0.306 e. The predicted octanol–water partition coefficient (Wildman–Crippen LogP) is 15.4. The van der Waals surface area contributed by atoms with Gasteiger partial charge in [0, 0.05) is 19.3 Å². The first-order valence-electron chi connectivity index (χ1n) is 24.2. The fraction of sp³-hybridized carbons (Fsp3) is 0.939. The average molecular weight is 779 g/mol. The highest BCUT2D eigenvalue weighted by Gasteiger charge is 2.19. The lowest BCUT2D eigenvalue weighted by molar-refractivity contribution is -0.167. The number of ether oxygens (including phenoxy) is 3. The summed E-state index contributed by atoms with van der Waals surface area (Å²) in [6.45, 7) is 11.3. The summed E-state index contributed by atoms with van der Waals surface area (Å²) < 4.78 is 16.7. The fourth-order valence-electron chi connectivity index (χ4n) is 7.28. The van der Waals surface area contributed by atoms with Gasteiger partial charge >= 0.3 is 17.9 Å². The standard InChI is InChI=1S/C49H94O6/c1-6-7-8-9-10-11-12-13-17-20-23-29-34-39-47(50)53-42-46(43-54-48(51)40-35-30-26-25-28-33-38-45(4)5)55-49(52)41-36-31-24-21-18-15-14-16-19-22-27-32-37-44(2)3/h44-46H,6-43H2,1-5H3/t46-/m1/s1. The van der Waals surface area contributed by atoms with Crippen LogP contribution < -0.4 is 0 Å². The molecule has 0 heterocycles. The quantitative estimate of drug-likeness (QED) is 0.0348. The average Bonchev–Trinajstić information content (AvgIpc) is 3.15. The van der Waals surface area contributed by atoms with Crippen LogP contribution in [0, 0.1) is 11.8 Å². The number of esters is 3. The van der Waals surface area contributed by atoms with Crippen molar-refractivity contribution in [3.8, 4) is 0 Å². The van der Waals surface area contributed by atoms with Gasteiger partial charge in [-0.05, 0) is 31.1 Å². The molecule has 1 atom stereocenters. The minimum Gasteiger partial charge on any atom is -0.462 e. The first-order chi connectivity index (χ1) is 26.7. The highest BCUT2D eigenvalue weighted by Crippen LogP contribution is 2.17. The van der Waals surface area contributed by atoms with Gasteiger partial charge in [-0.1, -0.05) is 227 Å². The molecule has 0 saturated heterocycles. The molecule has 0 aliphatic heterocycles. The summed E-state index contributed by atoms with van der Waals surface area (Å²) in [4.78, 5) is 37.8. The van der Waals surface area contributed by atoms with Gasteiger partial charge in [-0.3, -0.25) is 14.4 Å². The Labute approximate surface area is 342 Å². The second kappa shape index (κ2) is 42.0. The van der Waals surface area contributed by atoms with Gasteiger partial charge in [-0.15, -0.1) is 0 Å². The highest BCUT2D eigenvalue weighted by molar-refractivity contribution is 5.71. The molecule has 6 nitrogen and oxygen atoms in total. The van der Waals surface area contributed by atoms with E-state index < -0.39 is 6.10 Å². The predicted molar refractivity (Wildman–Crippen MR) is 233 cm³/mol. The van der Waals surface area contributed by atoms with E-state index >= 15 is 0 Å². The first-order valence-corrected chi connectivity index (χ1v) is 24.2. The number of hydrogen-bond acceptors (Lipinski definition) is 6. The van der Waals surface area contributed by atoms with Crippen LogP contribution in [0.3, 0.4) is 0 Å². The van der Waals surface area contributed by atoms with E-state index in [4.69, 9.17) is 14.2 Å². The molecule has 0 radical (unpaired) electrons. The second-order valence-corrected chi connectivity index (χ2v) is 17.7. The Kier molecular flexibility index (Phi) is 40.8. The zero-order valence-electron chi connectivity index (χ0n) is 37.6. The number of hydrogen-bond donors (Lipinski definition) is 0. The molecule has 0 aliphatic rings. The monoisotopic (exact) mass is 779 g/mol. The molecule has 0 fully saturated rings. The van der Waals surface area contributed by atoms with Crippen molar-refractivity contribution in [1.29, 1.82) is 0 Å². The van der Waals surface area contributed by atoms with Crippen LogP contribution in [0.15, 0.2) is 0 Å².